The van der Waals surface area contributed by atoms with Crippen LogP contribution in [0.2, 0.25) is 0 Å². The molecule has 8 nitrogen and oxygen atoms in total. The lowest BCUT2D eigenvalue weighted by atomic mass is 9.80. The van der Waals surface area contributed by atoms with Gasteiger partial charge in [-0.2, -0.15) is 0 Å². The third-order valence-corrected chi connectivity index (χ3v) is 8.55. The van der Waals surface area contributed by atoms with Crippen molar-refractivity contribution in [2.75, 3.05) is 20.1 Å². The average molecular weight is 516 g/mol. The monoisotopic (exact) mass is 515 g/mol. The molecule has 6 rings (SSSR count). The van der Waals surface area contributed by atoms with Gasteiger partial charge in [-0.1, -0.05) is 19.3 Å². The molecular weight excluding hydrogens is 480 g/mol. The molecule has 3 amide bonds. The predicted octanol–water partition coefficient (Wildman–Crippen LogP) is 2.55. The van der Waals surface area contributed by atoms with Crippen molar-refractivity contribution in [3.63, 3.8) is 0 Å². The number of rotatable bonds is 6. The number of benzene rings is 1. The minimum absolute atomic E-state index is 0.0487. The summed E-state index contributed by atoms with van der Waals surface area (Å²) in [5.41, 5.74) is 0.802. The molecule has 1 aromatic carbocycles. The summed E-state index contributed by atoms with van der Waals surface area (Å²) in [7, 11) is 3.38. The molecule has 0 unspecified atom stereocenters. The number of piperidine rings is 1. The fraction of sp³-hybridized carbons (Fsp3) is 0.593. The normalized spacial score (nSPS) is 23.5. The number of likely N-dealkylation sites (N-methyl/N-ethyl adjacent to an activating group) is 1. The first-order valence-electron chi connectivity index (χ1n) is 13.2. The molecule has 4 atom stereocenters. The lowest BCUT2D eigenvalue weighted by molar-refractivity contribution is -0.157. The third-order valence-electron chi connectivity index (χ3n) is 8.55. The Hall–Kier alpha value is -3.01. The molecule has 1 aliphatic carbocycles. The smallest absolute Gasteiger partial charge is 0.270 e. The molecule has 4 aliphatic rings. The van der Waals surface area contributed by atoms with E-state index in [4.69, 9.17) is 0 Å². The second-order valence-electron chi connectivity index (χ2n) is 10.8. The zero-order valence-electron chi connectivity index (χ0n) is 21.6. The maximum Gasteiger partial charge on any atom is 0.270 e. The molecular formula is C27H35F2N5O3. The van der Waals surface area contributed by atoms with Gasteiger partial charge < -0.3 is 25.0 Å². The molecule has 200 valence electrons. The van der Waals surface area contributed by atoms with Gasteiger partial charge in [0.05, 0.1) is 23.6 Å². The molecule has 10 heteroatoms. The van der Waals surface area contributed by atoms with Gasteiger partial charge in [0.2, 0.25) is 11.8 Å². The van der Waals surface area contributed by atoms with E-state index in [9.17, 15) is 23.2 Å². The predicted molar refractivity (Wildman–Crippen MR) is 135 cm³/mol. The van der Waals surface area contributed by atoms with E-state index in [0.717, 1.165) is 50.7 Å². The van der Waals surface area contributed by atoms with Crippen molar-refractivity contribution in [2.24, 2.45) is 13.0 Å². The molecule has 0 spiro atoms. The summed E-state index contributed by atoms with van der Waals surface area (Å²) in [5, 5.41) is 6.43. The van der Waals surface area contributed by atoms with Crippen LogP contribution in [0.1, 0.15) is 55.9 Å². The van der Waals surface area contributed by atoms with Gasteiger partial charge in [-0.15, -0.1) is 0 Å². The Morgan fingerprint density at radius 3 is 2.30 bits per heavy atom. The number of nitrogens with zero attached hydrogens (tertiary/aromatic N) is 3. The van der Waals surface area contributed by atoms with Crippen LogP contribution in [0.15, 0.2) is 18.2 Å². The first-order valence-corrected chi connectivity index (χ1v) is 13.2. The minimum atomic E-state index is -0.954. The van der Waals surface area contributed by atoms with Crippen LogP contribution in [0.4, 0.5) is 8.78 Å². The summed E-state index contributed by atoms with van der Waals surface area (Å²) in [6.45, 7) is 2.56. The van der Waals surface area contributed by atoms with Crippen molar-refractivity contribution in [3.8, 4) is 0 Å². The summed E-state index contributed by atoms with van der Waals surface area (Å²) in [4.78, 5) is 43.5. The Labute approximate surface area is 215 Å². The van der Waals surface area contributed by atoms with Crippen LogP contribution in [-0.4, -0.2) is 76.4 Å². The van der Waals surface area contributed by atoms with E-state index in [1.807, 2.05) is 4.90 Å². The van der Waals surface area contributed by atoms with Crippen LogP contribution in [0.5, 0.6) is 0 Å². The summed E-state index contributed by atoms with van der Waals surface area (Å²) in [5.74, 6) is -2.24. The standard InChI is InChI=1S/C27H35F2N5O3/c1-15(30-2)25(35)31-24(16-7-5-4-6-8-16)27(37)34-18-11-19(34)14-33(13-18)26(36)23-10-17-9-20(28)21(29)12-22(17)32(23)3/h9-10,12,15-16,18-19,24,30H,4-8,11,13-14H2,1-3H3,(H,31,35)/t15-,18-,19+,24-/m0/s1. The largest absolute Gasteiger partial charge is 0.343 e. The zero-order valence-corrected chi connectivity index (χ0v) is 21.6. The molecule has 3 saturated heterocycles. The highest BCUT2D eigenvalue weighted by Gasteiger charge is 2.51. The Bertz CT molecular complexity index is 1210. The molecule has 2 aromatic rings. The topological polar surface area (TPSA) is 86.7 Å². The van der Waals surface area contributed by atoms with E-state index < -0.39 is 23.7 Å². The van der Waals surface area contributed by atoms with Crippen molar-refractivity contribution < 1.29 is 23.2 Å². The van der Waals surface area contributed by atoms with E-state index in [2.05, 4.69) is 10.6 Å². The highest BCUT2D eigenvalue weighted by molar-refractivity contribution is 5.99. The molecule has 0 radical (unpaired) electrons. The number of amides is 3. The van der Waals surface area contributed by atoms with E-state index in [0.29, 0.717) is 29.7 Å². The first-order chi connectivity index (χ1) is 17.7. The highest BCUT2D eigenvalue weighted by Crippen LogP contribution is 2.36. The second-order valence-corrected chi connectivity index (χ2v) is 10.8. The lowest BCUT2D eigenvalue weighted by Crippen LogP contribution is -2.73. The SMILES string of the molecule is CN[C@@H](C)C(=O)N[C@H](C(=O)N1[C@@H]2C[C@H]1CN(C(=O)c1cc3cc(F)c(F)cc3n1C)C2)C1CCCCC1. The van der Waals surface area contributed by atoms with Gasteiger partial charge in [-0.3, -0.25) is 14.4 Å². The van der Waals surface area contributed by atoms with Crippen molar-refractivity contribution >= 4 is 28.6 Å². The molecule has 2 N–H and O–H groups in total. The van der Waals surface area contributed by atoms with Gasteiger partial charge in [0.15, 0.2) is 11.6 Å². The second kappa shape index (κ2) is 10.0. The maximum atomic E-state index is 13.8. The van der Waals surface area contributed by atoms with Crippen LogP contribution < -0.4 is 10.6 Å². The first kappa shape index (κ1) is 25.6. The molecule has 2 bridgehead atoms. The minimum Gasteiger partial charge on any atom is -0.343 e. The summed E-state index contributed by atoms with van der Waals surface area (Å²) in [6.07, 6.45) is 5.91. The van der Waals surface area contributed by atoms with Crippen molar-refractivity contribution in [1.29, 1.82) is 0 Å². The number of nitrogens with one attached hydrogen (secondary N) is 2. The number of aromatic nitrogens is 1. The van der Waals surface area contributed by atoms with Gasteiger partial charge >= 0.3 is 0 Å². The van der Waals surface area contributed by atoms with E-state index in [1.54, 1.807) is 36.6 Å². The number of carbonyl (C=O) groups excluding carboxylic acids is 3. The number of hydrogen-bond acceptors (Lipinski definition) is 4. The van der Waals surface area contributed by atoms with Crippen LogP contribution in [0, 0.1) is 17.6 Å². The van der Waals surface area contributed by atoms with Gasteiger partial charge in [0, 0.05) is 31.6 Å². The van der Waals surface area contributed by atoms with Gasteiger partial charge in [0.25, 0.3) is 5.91 Å². The molecule has 3 aliphatic heterocycles. The van der Waals surface area contributed by atoms with E-state index in [1.165, 1.54) is 0 Å². The lowest BCUT2D eigenvalue weighted by Gasteiger charge is -2.57. The van der Waals surface area contributed by atoms with Gasteiger partial charge in [0.1, 0.15) is 11.7 Å². The van der Waals surface area contributed by atoms with Crippen molar-refractivity contribution in [1.82, 2.24) is 25.0 Å². The Balaban J connectivity index is 1.31. The highest BCUT2D eigenvalue weighted by atomic mass is 19.2. The molecule has 1 aromatic heterocycles. The van der Waals surface area contributed by atoms with Gasteiger partial charge in [-0.25, -0.2) is 8.78 Å². The molecule has 4 heterocycles. The number of halogens is 2. The average Bonchev–Trinajstić information content (AvgIpc) is 3.21. The quantitative estimate of drug-likeness (QED) is 0.619. The van der Waals surface area contributed by atoms with Crippen LogP contribution in [-0.2, 0) is 16.6 Å². The van der Waals surface area contributed by atoms with Gasteiger partial charge in [-0.05, 0) is 51.3 Å². The number of hydrogen-bond donors (Lipinski definition) is 2. The Morgan fingerprint density at radius 1 is 1.00 bits per heavy atom. The van der Waals surface area contributed by atoms with E-state index >= 15 is 0 Å². The van der Waals surface area contributed by atoms with Crippen molar-refractivity contribution in [3.05, 3.63) is 35.5 Å². The fourth-order valence-electron chi connectivity index (χ4n) is 6.25. The molecule has 4 fully saturated rings. The van der Waals surface area contributed by atoms with Crippen LogP contribution >= 0.6 is 0 Å². The summed E-state index contributed by atoms with van der Waals surface area (Å²) >= 11 is 0. The number of carbonyl (C=O) groups is 3. The van der Waals surface area contributed by atoms with Crippen LogP contribution in [0.25, 0.3) is 10.9 Å². The number of fused-ring (bicyclic) bond motifs is 3. The Morgan fingerprint density at radius 2 is 1.65 bits per heavy atom. The number of aryl methyl sites for hydroxylation is 1. The summed E-state index contributed by atoms with van der Waals surface area (Å²) < 4.78 is 29.1. The van der Waals surface area contributed by atoms with E-state index in [-0.39, 0.29) is 35.7 Å². The number of piperazine rings is 1. The van der Waals surface area contributed by atoms with Crippen molar-refractivity contribution in [2.45, 2.75) is 69.6 Å². The third kappa shape index (κ3) is 4.60. The fourth-order valence-corrected chi connectivity index (χ4v) is 6.25. The zero-order chi connectivity index (χ0) is 26.4. The summed E-state index contributed by atoms with van der Waals surface area (Å²) in [6, 6.07) is 2.62. The molecule has 37 heavy (non-hydrogen) atoms. The molecule has 1 saturated carbocycles. The maximum absolute atomic E-state index is 13.8. The Kier molecular flexibility index (Phi) is 6.95. The van der Waals surface area contributed by atoms with Crippen LogP contribution in [0.3, 0.4) is 0 Å².